The van der Waals surface area contributed by atoms with E-state index in [1.807, 2.05) is 19.1 Å². The maximum absolute atomic E-state index is 5.50. The van der Waals surface area contributed by atoms with Gasteiger partial charge in [-0.05, 0) is 19.1 Å². The number of hydrogen-bond acceptors (Lipinski definition) is 7. The number of nitrogens with zero attached hydrogens (tertiary/aromatic N) is 5. The van der Waals surface area contributed by atoms with E-state index < -0.39 is 0 Å². The number of aromatic nitrogens is 5. The molecule has 3 rings (SSSR count). The Hall–Kier alpha value is -2.09. The van der Waals surface area contributed by atoms with Crippen molar-refractivity contribution in [3.05, 3.63) is 41.7 Å². The van der Waals surface area contributed by atoms with Gasteiger partial charge >= 0.3 is 0 Å². The first kappa shape index (κ1) is 18.7. The van der Waals surface area contributed by atoms with Gasteiger partial charge in [0.15, 0.2) is 11.0 Å². The SMILES string of the molecule is CC(C)c1nnc(S[C@@H](C)c2nc(C(C)(C)C)no2)n1Cc1ccco1. The predicted molar refractivity (Wildman–Crippen MR) is 99.2 cm³/mol. The highest BCUT2D eigenvalue weighted by atomic mass is 32.2. The van der Waals surface area contributed by atoms with Crippen molar-refractivity contribution in [2.45, 2.75) is 69.8 Å². The average Bonchev–Trinajstić information content (AvgIpc) is 3.27. The summed E-state index contributed by atoms with van der Waals surface area (Å²) in [7, 11) is 0. The minimum absolute atomic E-state index is 0.0295. The smallest absolute Gasteiger partial charge is 0.239 e. The third kappa shape index (κ3) is 4.00. The first-order valence-electron chi connectivity index (χ1n) is 8.72. The molecule has 0 amide bonds. The fraction of sp³-hybridized carbons (Fsp3) is 0.556. The monoisotopic (exact) mass is 375 g/mol. The third-order valence-corrected chi connectivity index (χ3v) is 4.97. The molecule has 3 heterocycles. The lowest BCUT2D eigenvalue weighted by molar-refractivity contribution is 0.364. The summed E-state index contributed by atoms with van der Waals surface area (Å²) in [6.45, 7) is 13.0. The van der Waals surface area contributed by atoms with Crippen LogP contribution in [0, 0.1) is 0 Å². The standard InChI is InChI=1S/C18H25N5O2S/c1-11(2)14-20-21-17(23(14)10-13-8-7-9-24-13)26-12(3)15-19-16(22-25-15)18(4,5)6/h7-9,11-12H,10H2,1-6H3/t12-/m0/s1. The zero-order chi connectivity index (χ0) is 18.9. The molecule has 0 aromatic carbocycles. The number of thioether (sulfide) groups is 1. The van der Waals surface area contributed by atoms with Crippen molar-refractivity contribution in [2.24, 2.45) is 0 Å². The molecular weight excluding hydrogens is 350 g/mol. The van der Waals surface area contributed by atoms with Crippen LogP contribution in [0.4, 0.5) is 0 Å². The maximum Gasteiger partial charge on any atom is 0.239 e. The molecule has 0 unspecified atom stereocenters. The molecule has 0 aliphatic carbocycles. The summed E-state index contributed by atoms with van der Waals surface area (Å²) in [6.07, 6.45) is 1.68. The van der Waals surface area contributed by atoms with Crippen LogP contribution in [0.2, 0.25) is 0 Å². The van der Waals surface area contributed by atoms with E-state index in [9.17, 15) is 0 Å². The van der Waals surface area contributed by atoms with Crippen LogP contribution in [0.1, 0.15) is 76.0 Å². The Kier molecular flexibility index (Phi) is 5.22. The van der Waals surface area contributed by atoms with Gasteiger partial charge in [-0.25, -0.2) is 0 Å². The van der Waals surface area contributed by atoms with Gasteiger partial charge in [0.2, 0.25) is 5.89 Å². The summed E-state index contributed by atoms with van der Waals surface area (Å²) < 4.78 is 13.1. The fourth-order valence-electron chi connectivity index (χ4n) is 2.43. The molecule has 0 bridgehead atoms. The van der Waals surface area contributed by atoms with Crippen LogP contribution in [0.5, 0.6) is 0 Å². The molecule has 140 valence electrons. The molecule has 3 aromatic heterocycles. The topological polar surface area (TPSA) is 82.8 Å². The Bertz CT molecular complexity index is 845. The lowest BCUT2D eigenvalue weighted by Gasteiger charge is -2.12. The molecule has 8 heteroatoms. The molecule has 1 atom stereocenters. The molecule has 26 heavy (non-hydrogen) atoms. The summed E-state index contributed by atoms with van der Waals surface area (Å²) in [5.41, 5.74) is -0.143. The highest BCUT2D eigenvalue weighted by molar-refractivity contribution is 7.99. The fourth-order valence-corrected chi connectivity index (χ4v) is 3.32. The zero-order valence-corrected chi connectivity index (χ0v) is 16.9. The Morgan fingerprint density at radius 3 is 2.54 bits per heavy atom. The van der Waals surface area contributed by atoms with Crippen LogP contribution in [0.3, 0.4) is 0 Å². The minimum Gasteiger partial charge on any atom is -0.467 e. The maximum atomic E-state index is 5.50. The molecule has 0 radical (unpaired) electrons. The second-order valence-electron chi connectivity index (χ2n) is 7.63. The van der Waals surface area contributed by atoms with Crippen molar-refractivity contribution in [2.75, 3.05) is 0 Å². The molecule has 0 aliphatic heterocycles. The summed E-state index contributed by atoms with van der Waals surface area (Å²) in [5, 5.41) is 13.6. The Labute approximate surface area is 157 Å². The molecule has 3 aromatic rings. The van der Waals surface area contributed by atoms with Gasteiger partial charge in [0.1, 0.15) is 11.6 Å². The molecule has 0 N–H and O–H groups in total. The second-order valence-corrected chi connectivity index (χ2v) is 8.94. The van der Waals surface area contributed by atoms with E-state index in [0.717, 1.165) is 16.7 Å². The molecule has 0 fully saturated rings. The van der Waals surface area contributed by atoms with Crippen LogP contribution in [0.15, 0.2) is 32.5 Å². The van der Waals surface area contributed by atoms with Crippen LogP contribution >= 0.6 is 11.8 Å². The van der Waals surface area contributed by atoms with Gasteiger partial charge in [0, 0.05) is 11.3 Å². The summed E-state index contributed by atoms with van der Waals surface area (Å²) in [6, 6.07) is 3.84. The van der Waals surface area contributed by atoms with E-state index >= 15 is 0 Å². The Morgan fingerprint density at radius 1 is 1.19 bits per heavy atom. The summed E-state index contributed by atoms with van der Waals surface area (Å²) in [4.78, 5) is 4.55. The highest BCUT2D eigenvalue weighted by Gasteiger charge is 2.25. The average molecular weight is 375 g/mol. The Morgan fingerprint density at radius 2 is 1.96 bits per heavy atom. The third-order valence-electron chi connectivity index (χ3n) is 3.90. The van der Waals surface area contributed by atoms with Gasteiger partial charge in [-0.2, -0.15) is 4.98 Å². The molecule has 7 nitrogen and oxygen atoms in total. The van der Waals surface area contributed by atoms with Crippen molar-refractivity contribution in [1.29, 1.82) is 0 Å². The largest absolute Gasteiger partial charge is 0.467 e. The lowest BCUT2D eigenvalue weighted by atomic mass is 9.96. The van der Waals surface area contributed by atoms with E-state index in [2.05, 4.69) is 59.5 Å². The first-order valence-corrected chi connectivity index (χ1v) is 9.60. The first-order chi connectivity index (χ1) is 12.3. The van der Waals surface area contributed by atoms with E-state index in [1.54, 1.807) is 18.0 Å². The number of rotatable bonds is 6. The van der Waals surface area contributed by atoms with Crippen molar-refractivity contribution >= 4 is 11.8 Å². The molecule has 0 saturated carbocycles. The van der Waals surface area contributed by atoms with Crippen LogP contribution < -0.4 is 0 Å². The van der Waals surface area contributed by atoms with Gasteiger partial charge < -0.3 is 8.94 Å². The molecule has 0 aliphatic rings. The molecule has 0 spiro atoms. The van der Waals surface area contributed by atoms with E-state index in [0.29, 0.717) is 18.3 Å². The van der Waals surface area contributed by atoms with E-state index in [4.69, 9.17) is 8.94 Å². The normalized spacial score (nSPS) is 13.5. The predicted octanol–water partition coefficient (Wildman–Crippen LogP) is 4.58. The van der Waals surface area contributed by atoms with E-state index in [-0.39, 0.29) is 16.6 Å². The summed E-state index contributed by atoms with van der Waals surface area (Å²) in [5.74, 6) is 3.36. The van der Waals surface area contributed by atoms with E-state index in [1.165, 1.54) is 0 Å². The minimum atomic E-state index is -0.143. The number of hydrogen-bond donors (Lipinski definition) is 0. The summed E-state index contributed by atoms with van der Waals surface area (Å²) >= 11 is 1.56. The van der Waals surface area contributed by atoms with Crippen LogP contribution in [-0.2, 0) is 12.0 Å². The molecular formula is C18H25N5O2S. The lowest BCUT2D eigenvalue weighted by Crippen LogP contribution is -2.13. The van der Waals surface area contributed by atoms with Gasteiger partial charge in [-0.15, -0.1) is 10.2 Å². The van der Waals surface area contributed by atoms with Crippen molar-refractivity contribution in [1.82, 2.24) is 24.9 Å². The van der Waals surface area contributed by atoms with Crippen molar-refractivity contribution in [3.63, 3.8) is 0 Å². The number of furan rings is 1. The second kappa shape index (κ2) is 7.26. The highest BCUT2D eigenvalue weighted by Crippen LogP contribution is 2.35. The van der Waals surface area contributed by atoms with Crippen LogP contribution in [-0.4, -0.2) is 24.9 Å². The quantitative estimate of drug-likeness (QED) is 0.583. The van der Waals surface area contributed by atoms with Gasteiger partial charge in [-0.3, -0.25) is 4.57 Å². The zero-order valence-electron chi connectivity index (χ0n) is 16.1. The van der Waals surface area contributed by atoms with Crippen molar-refractivity contribution in [3.8, 4) is 0 Å². The van der Waals surface area contributed by atoms with Crippen molar-refractivity contribution < 1.29 is 8.94 Å². The molecule has 0 saturated heterocycles. The van der Waals surface area contributed by atoms with Gasteiger partial charge in [0.05, 0.1) is 18.1 Å². The van der Waals surface area contributed by atoms with Gasteiger partial charge in [0.25, 0.3) is 0 Å². The van der Waals surface area contributed by atoms with Crippen LogP contribution in [0.25, 0.3) is 0 Å². The van der Waals surface area contributed by atoms with Gasteiger partial charge in [-0.1, -0.05) is 51.5 Å². The Balaban J connectivity index is 1.83.